The Hall–Kier alpha value is -1.16. The molecule has 1 saturated heterocycles. The van der Waals surface area contributed by atoms with Crippen LogP contribution in [0.25, 0.3) is 0 Å². The van der Waals surface area contributed by atoms with Crippen LogP contribution in [0.5, 0.6) is 0 Å². The average Bonchev–Trinajstić information content (AvgIpc) is 2.30. The highest BCUT2D eigenvalue weighted by Gasteiger charge is 2.20. The fraction of sp³-hybridized carbons (Fsp3) is 0.667. The van der Waals surface area contributed by atoms with Crippen LogP contribution in [-0.4, -0.2) is 35.8 Å². The Morgan fingerprint density at radius 3 is 2.75 bits per heavy atom. The molecule has 0 N–H and O–H groups in total. The minimum absolute atomic E-state index is 0.430. The van der Waals surface area contributed by atoms with Crippen molar-refractivity contribution in [3.8, 4) is 0 Å². The average molecular weight is 221 g/mol. The van der Waals surface area contributed by atoms with Crippen LogP contribution < -0.4 is 4.90 Å². The molecule has 0 saturated carbocycles. The van der Waals surface area contributed by atoms with Gasteiger partial charge in [-0.05, 0) is 26.7 Å². The van der Waals surface area contributed by atoms with E-state index in [1.165, 1.54) is 0 Å². The molecule has 0 spiro atoms. The zero-order valence-corrected chi connectivity index (χ0v) is 10.0. The molecule has 2 rings (SSSR count). The summed E-state index contributed by atoms with van der Waals surface area (Å²) in [6.07, 6.45) is 6.23. The van der Waals surface area contributed by atoms with Gasteiger partial charge in [-0.2, -0.15) is 0 Å². The molecule has 16 heavy (non-hydrogen) atoms. The van der Waals surface area contributed by atoms with Gasteiger partial charge >= 0.3 is 0 Å². The number of hydrogen-bond acceptors (Lipinski definition) is 4. The van der Waals surface area contributed by atoms with Gasteiger partial charge in [0.1, 0.15) is 5.82 Å². The number of nitrogens with zero attached hydrogens (tertiary/aromatic N) is 3. The highest BCUT2D eigenvalue weighted by atomic mass is 16.5. The van der Waals surface area contributed by atoms with Gasteiger partial charge in [0.2, 0.25) is 0 Å². The lowest BCUT2D eigenvalue weighted by Gasteiger charge is -2.32. The van der Waals surface area contributed by atoms with E-state index < -0.39 is 0 Å². The standard InChI is InChI=1S/C12H19N3O/c1-3-16-11-4-6-15(7-5-11)12-9-13-8-10(2)14-12/h8-9,11H,3-7H2,1-2H3. The van der Waals surface area contributed by atoms with Gasteiger partial charge in [-0.1, -0.05) is 0 Å². The van der Waals surface area contributed by atoms with Crippen LogP contribution in [0.4, 0.5) is 5.82 Å². The van der Waals surface area contributed by atoms with E-state index in [4.69, 9.17) is 4.74 Å². The van der Waals surface area contributed by atoms with Crippen LogP contribution in [-0.2, 0) is 4.74 Å². The number of anilines is 1. The second-order valence-corrected chi connectivity index (χ2v) is 4.16. The van der Waals surface area contributed by atoms with Gasteiger partial charge in [-0.25, -0.2) is 4.98 Å². The lowest BCUT2D eigenvalue weighted by Crippen LogP contribution is -2.37. The third kappa shape index (κ3) is 2.70. The second-order valence-electron chi connectivity index (χ2n) is 4.16. The van der Waals surface area contributed by atoms with Gasteiger partial charge < -0.3 is 9.64 Å². The molecule has 0 unspecified atom stereocenters. The zero-order chi connectivity index (χ0) is 11.4. The van der Waals surface area contributed by atoms with Crippen molar-refractivity contribution in [2.75, 3.05) is 24.6 Å². The summed E-state index contributed by atoms with van der Waals surface area (Å²) >= 11 is 0. The fourth-order valence-corrected chi connectivity index (χ4v) is 2.09. The summed E-state index contributed by atoms with van der Waals surface area (Å²) in [4.78, 5) is 11.0. The van der Waals surface area contributed by atoms with Crippen molar-refractivity contribution in [2.24, 2.45) is 0 Å². The van der Waals surface area contributed by atoms with Crippen molar-refractivity contribution in [3.63, 3.8) is 0 Å². The number of ether oxygens (including phenoxy) is 1. The zero-order valence-electron chi connectivity index (χ0n) is 10.0. The van der Waals surface area contributed by atoms with Crippen LogP contribution in [0.15, 0.2) is 12.4 Å². The molecule has 0 atom stereocenters. The van der Waals surface area contributed by atoms with Gasteiger partial charge in [0.05, 0.1) is 18.0 Å². The van der Waals surface area contributed by atoms with Crippen molar-refractivity contribution in [2.45, 2.75) is 32.8 Å². The van der Waals surface area contributed by atoms with E-state index in [2.05, 4.69) is 21.8 Å². The number of aromatic nitrogens is 2. The first kappa shape index (κ1) is 11.3. The van der Waals surface area contributed by atoms with Crippen molar-refractivity contribution in [3.05, 3.63) is 18.1 Å². The molecule has 0 amide bonds. The minimum Gasteiger partial charge on any atom is -0.378 e. The summed E-state index contributed by atoms with van der Waals surface area (Å²) in [6, 6.07) is 0. The summed E-state index contributed by atoms with van der Waals surface area (Å²) < 4.78 is 5.63. The van der Waals surface area contributed by atoms with E-state index in [1.54, 1.807) is 6.20 Å². The number of hydrogen-bond donors (Lipinski definition) is 0. The molecule has 4 heteroatoms. The molecular weight excluding hydrogens is 202 g/mol. The molecule has 1 fully saturated rings. The molecule has 88 valence electrons. The fourth-order valence-electron chi connectivity index (χ4n) is 2.09. The predicted molar refractivity (Wildman–Crippen MR) is 63.6 cm³/mol. The van der Waals surface area contributed by atoms with Crippen LogP contribution in [0.1, 0.15) is 25.5 Å². The van der Waals surface area contributed by atoms with Gasteiger partial charge in [0.15, 0.2) is 0 Å². The molecule has 0 bridgehead atoms. The maximum absolute atomic E-state index is 5.63. The molecule has 1 aliphatic rings. The smallest absolute Gasteiger partial charge is 0.147 e. The highest BCUT2D eigenvalue weighted by molar-refractivity contribution is 5.36. The van der Waals surface area contributed by atoms with Crippen LogP contribution in [0.3, 0.4) is 0 Å². The first-order valence-electron chi connectivity index (χ1n) is 5.95. The maximum atomic E-state index is 5.63. The van der Waals surface area contributed by atoms with E-state index in [0.29, 0.717) is 6.10 Å². The molecule has 1 aromatic heterocycles. The van der Waals surface area contributed by atoms with Crippen LogP contribution >= 0.6 is 0 Å². The molecule has 1 aliphatic heterocycles. The quantitative estimate of drug-likeness (QED) is 0.780. The molecule has 0 aliphatic carbocycles. The summed E-state index contributed by atoms with van der Waals surface area (Å²) in [5.41, 5.74) is 0.976. The van der Waals surface area contributed by atoms with Crippen LogP contribution in [0.2, 0.25) is 0 Å². The Labute approximate surface area is 96.7 Å². The Morgan fingerprint density at radius 2 is 2.12 bits per heavy atom. The lowest BCUT2D eigenvalue weighted by atomic mass is 10.1. The Balaban J connectivity index is 1.94. The van der Waals surface area contributed by atoms with Crippen molar-refractivity contribution >= 4 is 5.82 Å². The van der Waals surface area contributed by atoms with E-state index >= 15 is 0 Å². The van der Waals surface area contributed by atoms with Gasteiger partial charge in [0, 0.05) is 25.9 Å². The van der Waals surface area contributed by atoms with Crippen molar-refractivity contribution in [1.82, 2.24) is 9.97 Å². The monoisotopic (exact) mass is 221 g/mol. The van der Waals surface area contributed by atoms with Crippen molar-refractivity contribution < 1.29 is 4.74 Å². The summed E-state index contributed by atoms with van der Waals surface area (Å²) in [7, 11) is 0. The van der Waals surface area contributed by atoms with Gasteiger partial charge in [0.25, 0.3) is 0 Å². The summed E-state index contributed by atoms with van der Waals surface area (Å²) in [5, 5.41) is 0. The van der Waals surface area contributed by atoms with Gasteiger partial charge in [-0.15, -0.1) is 0 Å². The summed E-state index contributed by atoms with van der Waals surface area (Å²) in [5.74, 6) is 0.995. The predicted octanol–water partition coefficient (Wildman–Crippen LogP) is 1.79. The first-order valence-corrected chi connectivity index (χ1v) is 5.95. The Morgan fingerprint density at radius 1 is 1.38 bits per heavy atom. The lowest BCUT2D eigenvalue weighted by molar-refractivity contribution is 0.0458. The maximum Gasteiger partial charge on any atom is 0.147 e. The molecule has 4 nitrogen and oxygen atoms in total. The normalized spacial score (nSPS) is 17.8. The SMILES string of the molecule is CCOC1CCN(c2cncc(C)n2)CC1. The van der Waals surface area contributed by atoms with E-state index in [-0.39, 0.29) is 0 Å². The van der Waals surface area contributed by atoms with Crippen LogP contribution in [0, 0.1) is 6.92 Å². The second kappa shape index (κ2) is 5.25. The Bertz CT molecular complexity index is 335. The number of aryl methyl sites for hydroxylation is 1. The molecular formula is C12H19N3O. The molecule has 2 heterocycles. The molecule has 0 radical (unpaired) electrons. The first-order chi connectivity index (χ1) is 7.79. The van der Waals surface area contributed by atoms with E-state index in [9.17, 15) is 0 Å². The topological polar surface area (TPSA) is 38.2 Å². The minimum atomic E-state index is 0.430. The number of rotatable bonds is 3. The highest BCUT2D eigenvalue weighted by Crippen LogP contribution is 2.18. The Kier molecular flexibility index (Phi) is 3.72. The van der Waals surface area contributed by atoms with Gasteiger partial charge in [-0.3, -0.25) is 4.98 Å². The van der Waals surface area contributed by atoms with E-state index in [0.717, 1.165) is 44.0 Å². The van der Waals surface area contributed by atoms with E-state index in [1.807, 2.05) is 13.1 Å². The molecule has 1 aromatic rings. The third-order valence-electron chi connectivity index (χ3n) is 2.91. The van der Waals surface area contributed by atoms with Crippen molar-refractivity contribution in [1.29, 1.82) is 0 Å². The largest absolute Gasteiger partial charge is 0.378 e. The third-order valence-corrected chi connectivity index (χ3v) is 2.91. The number of piperidine rings is 1. The summed E-state index contributed by atoms with van der Waals surface area (Å²) in [6.45, 7) is 6.88. The molecule has 0 aromatic carbocycles.